The molecule has 2 aromatic rings. The number of nitrogens with zero attached hydrogens (tertiary/aromatic N) is 2. The largest absolute Gasteiger partial charge is 0.323 e. The molecule has 0 aliphatic carbocycles. The average Bonchev–Trinajstić information content (AvgIpc) is 2.76. The molecule has 0 fully saturated rings. The van der Waals surface area contributed by atoms with E-state index in [1.807, 2.05) is 6.92 Å². The fraction of sp³-hybridized carbons (Fsp3) is 0.462. The van der Waals surface area contributed by atoms with Crippen LogP contribution in [0.4, 0.5) is 4.39 Å². The molecule has 2 atom stereocenters. The minimum Gasteiger partial charge on any atom is -0.323 e. The summed E-state index contributed by atoms with van der Waals surface area (Å²) in [6.45, 7) is 4.13. The fourth-order valence-electron chi connectivity index (χ4n) is 2.03. The quantitative estimate of drug-likeness (QED) is 0.795. The molecule has 1 heterocycles. The van der Waals surface area contributed by atoms with Gasteiger partial charge in [0.1, 0.15) is 17.2 Å². The predicted molar refractivity (Wildman–Crippen MR) is 77.5 cm³/mol. The van der Waals surface area contributed by atoms with Gasteiger partial charge in [0.15, 0.2) is 0 Å². The first-order valence-electron chi connectivity index (χ1n) is 6.18. The molecule has 6 heteroatoms. The Morgan fingerprint density at radius 2 is 2.26 bits per heavy atom. The second-order valence-electron chi connectivity index (χ2n) is 4.28. The van der Waals surface area contributed by atoms with Gasteiger partial charge in [-0.05, 0) is 19.1 Å². The Kier molecular flexibility index (Phi) is 4.58. The van der Waals surface area contributed by atoms with Crippen molar-refractivity contribution in [2.75, 3.05) is 11.5 Å². The van der Waals surface area contributed by atoms with Crippen molar-refractivity contribution in [2.45, 2.75) is 25.8 Å². The SMILES string of the molecule is CCS(=O)CCn1c(C(C)Cl)nc2cccc(F)c21. The molecule has 104 valence electrons. The highest BCUT2D eigenvalue weighted by molar-refractivity contribution is 7.84. The number of hydrogen-bond acceptors (Lipinski definition) is 2. The molecule has 0 aliphatic heterocycles. The summed E-state index contributed by atoms with van der Waals surface area (Å²) in [4.78, 5) is 4.37. The number of rotatable bonds is 5. The summed E-state index contributed by atoms with van der Waals surface area (Å²) < 4.78 is 27.3. The monoisotopic (exact) mass is 302 g/mol. The maximum absolute atomic E-state index is 14.0. The number of hydrogen-bond donors (Lipinski definition) is 0. The average molecular weight is 303 g/mol. The third-order valence-electron chi connectivity index (χ3n) is 2.97. The molecule has 2 rings (SSSR count). The van der Waals surface area contributed by atoms with Gasteiger partial charge in [0, 0.05) is 28.9 Å². The van der Waals surface area contributed by atoms with Crippen molar-refractivity contribution in [2.24, 2.45) is 0 Å². The zero-order valence-corrected chi connectivity index (χ0v) is 12.5. The summed E-state index contributed by atoms with van der Waals surface area (Å²) in [6.07, 6.45) is 0. The van der Waals surface area contributed by atoms with E-state index in [2.05, 4.69) is 4.98 Å². The fourth-order valence-corrected chi connectivity index (χ4v) is 2.87. The van der Waals surface area contributed by atoms with Crippen molar-refractivity contribution >= 4 is 33.4 Å². The van der Waals surface area contributed by atoms with Gasteiger partial charge in [-0.2, -0.15) is 0 Å². The summed E-state index contributed by atoms with van der Waals surface area (Å²) in [5.41, 5.74) is 1.03. The molecular formula is C13H16ClFN2OS. The van der Waals surface area contributed by atoms with Crippen LogP contribution in [0.1, 0.15) is 25.0 Å². The molecule has 1 aromatic carbocycles. The van der Waals surface area contributed by atoms with E-state index in [0.717, 1.165) is 0 Å². The van der Waals surface area contributed by atoms with Gasteiger partial charge in [-0.3, -0.25) is 4.21 Å². The van der Waals surface area contributed by atoms with Crippen LogP contribution in [0.3, 0.4) is 0 Å². The van der Waals surface area contributed by atoms with E-state index in [1.54, 1.807) is 23.6 Å². The molecule has 0 saturated carbocycles. The Bertz CT molecular complexity index is 612. The summed E-state index contributed by atoms with van der Waals surface area (Å²) in [5, 5.41) is -0.318. The van der Waals surface area contributed by atoms with Gasteiger partial charge in [-0.1, -0.05) is 13.0 Å². The number of aromatic nitrogens is 2. The van der Waals surface area contributed by atoms with E-state index in [1.165, 1.54) is 6.07 Å². The number of fused-ring (bicyclic) bond motifs is 1. The van der Waals surface area contributed by atoms with Gasteiger partial charge in [0.25, 0.3) is 0 Å². The van der Waals surface area contributed by atoms with Gasteiger partial charge < -0.3 is 4.57 Å². The Balaban J connectivity index is 2.48. The standard InChI is InChI=1S/C13H16ClFN2OS/c1-3-19(18)8-7-17-12-10(15)5-4-6-11(12)16-13(17)9(2)14/h4-6,9H,3,7-8H2,1-2H3. The lowest BCUT2D eigenvalue weighted by atomic mass is 10.3. The molecule has 0 bridgehead atoms. The summed E-state index contributed by atoms with van der Waals surface area (Å²) in [6, 6.07) is 4.79. The van der Waals surface area contributed by atoms with Crippen molar-refractivity contribution < 1.29 is 8.60 Å². The van der Waals surface area contributed by atoms with Crippen LogP contribution >= 0.6 is 11.6 Å². The first-order valence-corrected chi connectivity index (χ1v) is 8.10. The van der Waals surface area contributed by atoms with E-state index < -0.39 is 10.8 Å². The van der Waals surface area contributed by atoms with Crippen LogP contribution < -0.4 is 0 Å². The number of aryl methyl sites for hydroxylation is 1. The van der Waals surface area contributed by atoms with E-state index in [-0.39, 0.29) is 11.2 Å². The molecule has 0 aliphatic rings. The lowest BCUT2D eigenvalue weighted by Crippen LogP contribution is -2.12. The highest BCUT2D eigenvalue weighted by Gasteiger charge is 2.17. The first kappa shape index (κ1) is 14.5. The first-order chi connectivity index (χ1) is 9.04. The highest BCUT2D eigenvalue weighted by atomic mass is 35.5. The molecule has 0 radical (unpaired) electrons. The van der Waals surface area contributed by atoms with Crippen LogP contribution in [0, 0.1) is 5.82 Å². The van der Waals surface area contributed by atoms with E-state index in [4.69, 9.17) is 11.6 Å². The lowest BCUT2D eigenvalue weighted by molar-refractivity contribution is 0.619. The molecule has 0 saturated heterocycles. The summed E-state index contributed by atoms with van der Waals surface area (Å²) in [5.74, 6) is 1.37. The highest BCUT2D eigenvalue weighted by Crippen LogP contribution is 2.26. The minimum absolute atomic E-state index is 0.318. The van der Waals surface area contributed by atoms with Crippen LogP contribution in [0.2, 0.25) is 0 Å². The molecule has 1 aromatic heterocycles. The molecule has 2 unspecified atom stereocenters. The maximum atomic E-state index is 14.0. The van der Waals surface area contributed by atoms with Crippen LogP contribution in [-0.4, -0.2) is 25.3 Å². The van der Waals surface area contributed by atoms with Crippen LogP contribution in [0.25, 0.3) is 11.0 Å². The molecule has 0 N–H and O–H groups in total. The third kappa shape index (κ3) is 2.98. The van der Waals surface area contributed by atoms with Crippen molar-refractivity contribution in [3.63, 3.8) is 0 Å². The molecule has 19 heavy (non-hydrogen) atoms. The van der Waals surface area contributed by atoms with Crippen LogP contribution in [0.5, 0.6) is 0 Å². The number of para-hydroxylation sites is 1. The summed E-state index contributed by atoms with van der Waals surface area (Å²) in [7, 11) is -0.897. The minimum atomic E-state index is -0.897. The van der Waals surface area contributed by atoms with Crippen LogP contribution in [0.15, 0.2) is 18.2 Å². The zero-order chi connectivity index (χ0) is 14.0. The zero-order valence-electron chi connectivity index (χ0n) is 10.9. The number of benzene rings is 1. The van der Waals surface area contributed by atoms with Gasteiger partial charge in [-0.25, -0.2) is 9.37 Å². The molecular weight excluding hydrogens is 287 g/mol. The normalized spacial score (nSPS) is 14.7. The van der Waals surface area contributed by atoms with Gasteiger partial charge in [0.2, 0.25) is 0 Å². The van der Waals surface area contributed by atoms with E-state index >= 15 is 0 Å². The number of imidazole rings is 1. The smallest absolute Gasteiger partial charge is 0.149 e. The Morgan fingerprint density at radius 1 is 1.53 bits per heavy atom. The van der Waals surface area contributed by atoms with Crippen molar-refractivity contribution in [1.82, 2.24) is 9.55 Å². The second-order valence-corrected chi connectivity index (χ2v) is 6.80. The lowest BCUT2D eigenvalue weighted by Gasteiger charge is -2.10. The third-order valence-corrected chi connectivity index (χ3v) is 4.44. The second kappa shape index (κ2) is 6.01. The topological polar surface area (TPSA) is 34.9 Å². The Morgan fingerprint density at radius 3 is 2.89 bits per heavy atom. The van der Waals surface area contributed by atoms with Gasteiger partial charge >= 0.3 is 0 Å². The summed E-state index contributed by atoms with van der Waals surface area (Å²) >= 11 is 6.10. The van der Waals surface area contributed by atoms with Crippen LogP contribution in [-0.2, 0) is 17.3 Å². The number of alkyl halides is 1. The Labute approximate surface area is 119 Å². The predicted octanol–water partition coefficient (Wildman–Crippen LogP) is 3.24. The molecule has 3 nitrogen and oxygen atoms in total. The van der Waals surface area contributed by atoms with Gasteiger partial charge in [0.05, 0.1) is 10.9 Å². The molecule has 0 amide bonds. The molecule has 0 spiro atoms. The van der Waals surface area contributed by atoms with Crippen molar-refractivity contribution in [1.29, 1.82) is 0 Å². The van der Waals surface area contributed by atoms with Crippen molar-refractivity contribution in [3.05, 3.63) is 29.8 Å². The van der Waals surface area contributed by atoms with Crippen molar-refractivity contribution in [3.8, 4) is 0 Å². The number of halogens is 2. The maximum Gasteiger partial charge on any atom is 0.149 e. The Hall–Kier alpha value is -0.940. The van der Waals surface area contributed by atoms with E-state index in [9.17, 15) is 8.60 Å². The van der Waals surface area contributed by atoms with Gasteiger partial charge in [-0.15, -0.1) is 11.6 Å². The van der Waals surface area contributed by atoms with E-state index in [0.29, 0.717) is 34.9 Å².